The SMILES string of the molecule is O=C(NCc1ccc(F)cc1)c1cc(C(F)(F)F)cc(C(F)(F)F)c1. The van der Waals surface area contributed by atoms with Gasteiger partial charge in [0.05, 0.1) is 11.1 Å². The van der Waals surface area contributed by atoms with Gasteiger partial charge in [-0.05, 0) is 35.9 Å². The summed E-state index contributed by atoms with van der Waals surface area (Å²) >= 11 is 0. The van der Waals surface area contributed by atoms with E-state index in [9.17, 15) is 35.5 Å². The maximum atomic E-state index is 12.8. The van der Waals surface area contributed by atoms with E-state index in [0.29, 0.717) is 17.7 Å². The molecular formula is C16H10F7NO. The van der Waals surface area contributed by atoms with E-state index >= 15 is 0 Å². The van der Waals surface area contributed by atoms with Crippen LogP contribution >= 0.6 is 0 Å². The van der Waals surface area contributed by atoms with Crippen molar-refractivity contribution in [2.45, 2.75) is 18.9 Å². The fourth-order valence-electron chi connectivity index (χ4n) is 1.97. The van der Waals surface area contributed by atoms with Gasteiger partial charge in [-0.15, -0.1) is 0 Å². The van der Waals surface area contributed by atoms with Crippen LogP contribution in [0, 0.1) is 5.82 Å². The van der Waals surface area contributed by atoms with Crippen LogP contribution in [0.2, 0.25) is 0 Å². The normalized spacial score (nSPS) is 12.1. The third kappa shape index (κ3) is 4.94. The van der Waals surface area contributed by atoms with Gasteiger partial charge in [-0.25, -0.2) is 4.39 Å². The smallest absolute Gasteiger partial charge is 0.348 e. The summed E-state index contributed by atoms with van der Waals surface area (Å²) in [6.45, 7) is -0.184. The molecule has 134 valence electrons. The first-order chi connectivity index (χ1) is 11.5. The first-order valence-electron chi connectivity index (χ1n) is 6.79. The van der Waals surface area contributed by atoms with Gasteiger partial charge in [-0.2, -0.15) is 26.3 Å². The van der Waals surface area contributed by atoms with Crippen LogP contribution < -0.4 is 5.32 Å². The van der Waals surface area contributed by atoms with Gasteiger partial charge in [-0.1, -0.05) is 12.1 Å². The van der Waals surface area contributed by atoms with Crippen LogP contribution in [0.25, 0.3) is 0 Å². The van der Waals surface area contributed by atoms with Gasteiger partial charge in [0.15, 0.2) is 0 Å². The lowest BCUT2D eigenvalue weighted by Gasteiger charge is -2.14. The molecule has 0 aromatic heterocycles. The molecule has 0 saturated heterocycles. The third-order valence-corrected chi connectivity index (χ3v) is 3.22. The second kappa shape index (κ2) is 6.73. The highest BCUT2D eigenvalue weighted by molar-refractivity contribution is 5.94. The molecule has 0 bridgehead atoms. The molecule has 0 aliphatic heterocycles. The van der Waals surface area contributed by atoms with Crippen LogP contribution in [-0.2, 0) is 18.9 Å². The Bertz CT molecular complexity index is 731. The lowest BCUT2D eigenvalue weighted by Crippen LogP contribution is -2.24. The molecule has 2 rings (SSSR count). The van der Waals surface area contributed by atoms with Crippen molar-refractivity contribution in [3.63, 3.8) is 0 Å². The summed E-state index contributed by atoms with van der Waals surface area (Å²) in [4.78, 5) is 11.9. The molecule has 25 heavy (non-hydrogen) atoms. The topological polar surface area (TPSA) is 29.1 Å². The van der Waals surface area contributed by atoms with Crippen LogP contribution in [0.15, 0.2) is 42.5 Å². The Hall–Kier alpha value is -2.58. The molecule has 0 unspecified atom stereocenters. The van der Waals surface area contributed by atoms with Crippen molar-refractivity contribution >= 4 is 5.91 Å². The second-order valence-corrected chi connectivity index (χ2v) is 5.10. The molecule has 1 amide bonds. The molecule has 9 heteroatoms. The number of carbonyl (C=O) groups excluding carboxylic acids is 1. The summed E-state index contributed by atoms with van der Waals surface area (Å²) in [5.74, 6) is -1.64. The molecule has 1 N–H and O–H groups in total. The molecule has 0 fully saturated rings. The van der Waals surface area contributed by atoms with Crippen molar-refractivity contribution in [1.82, 2.24) is 5.32 Å². The number of hydrogen-bond acceptors (Lipinski definition) is 1. The van der Waals surface area contributed by atoms with E-state index in [-0.39, 0.29) is 12.6 Å². The van der Waals surface area contributed by atoms with Crippen molar-refractivity contribution in [2.75, 3.05) is 0 Å². The number of alkyl halides is 6. The quantitative estimate of drug-likeness (QED) is 0.779. The molecule has 0 radical (unpaired) electrons. The van der Waals surface area contributed by atoms with Crippen LogP contribution in [0.5, 0.6) is 0 Å². The predicted octanol–water partition coefficient (Wildman–Crippen LogP) is 4.79. The summed E-state index contributed by atoms with van der Waals surface area (Å²) in [5.41, 5.74) is -3.49. The summed E-state index contributed by atoms with van der Waals surface area (Å²) in [6, 6.07) is 5.48. The fraction of sp³-hybridized carbons (Fsp3) is 0.188. The standard InChI is InChI=1S/C16H10F7NO/c17-13-3-1-9(2-4-13)8-24-14(25)10-5-11(15(18,19)20)7-12(6-10)16(21,22)23/h1-7H,8H2,(H,24,25). The average molecular weight is 365 g/mol. The number of carbonyl (C=O) groups is 1. The average Bonchev–Trinajstić information content (AvgIpc) is 2.52. The highest BCUT2D eigenvalue weighted by atomic mass is 19.4. The van der Waals surface area contributed by atoms with E-state index in [2.05, 4.69) is 5.32 Å². The van der Waals surface area contributed by atoms with Gasteiger partial charge in [0.1, 0.15) is 5.82 Å². The maximum Gasteiger partial charge on any atom is 0.416 e. The summed E-state index contributed by atoms with van der Waals surface area (Å²) < 4.78 is 89.3. The first-order valence-corrected chi connectivity index (χ1v) is 6.79. The summed E-state index contributed by atoms with van der Waals surface area (Å²) in [5, 5.41) is 2.20. The van der Waals surface area contributed by atoms with E-state index < -0.39 is 40.8 Å². The molecule has 2 nitrogen and oxygen atoms in total. The van der Waals surface area contributed by atoms with Gasteiger partial charge in [-0.3, -0.25) is 4.79 Å². The van der Waals surface area contributed by atoms with Gasteiger partial charge >= 0.3 is 12.4 Å². The Labute approximate surface area is 137 Å². The molecule has 2 aromatic rings. The number of benzene rings is 2. The van der Waals surface area contributed by atoms with E-state index in [0.717, 1.165) is 12.1 Å². The Morgan fingerprint density at radius 1 is 0.840 bits per heavy atom. The number of amides is 1. The van der Waals surface area contributed by atoms with E-state index in [1.807, 2.05) is 0 Å². The van der Waals surface area contributed by atoms with Gasteiger partial charge in [0.2, 0.25) is 0 Å². The number of rotatable bonds is 3. The number of hydrogen-bond donors (Lipinski definition) is 1. The van der Waals surface area contributed by atoms with Crippen molar-refractivity contribution in [2.24, 2.45) is 0 Å². The van der Waals surface area contributed by atoms with Gasteiger partial charge in [0.25, 0.3) is 5.91 Å². The maximum absolute atomic E-state index is 12.8. The highest BCUT2D eigenvalue weighted by Gasteiger charge is 2.37. The van der Waals surface area contributed by atoms with Crippen LogP contribution in [0.1, 0.15) is 27.0 Å². The van der Waals surface area contributed by atoms with Gasteiger partial charge < -0.3 is 5.32 Å². The minimum atomic E-state index is -5.03. The van der Waals surface area contributed by atoms with E-state index in [1.54, 1.807) is 0 Å². The van der Waals surface area contributed by atoms with Crippen LogP contribution in [0.4, 0.5) is 30.7 Å². The van der Waals surface area contributed by atoms with Crippen molar-refractivity contribution < 1.29 is 35.5 Å². The Morgan fingerprint density at radius 3 is 1.76 bits per heavy atom. The third-order valence-electron chi connectivity index (χ3n) is 3.22. The molecule has 0 atom stereocenters. The van der Waals surface area contributed by atoms with Gasteiger partial charge in [0, 0.05) is 12.1 Å². The Morgan fingerprint density at radius 2 is 1.32 bits per heavy atom. The number of halogens is 7. The minimum Gasteiger partial charge on any atom is -0.348 e. The van der Waals surface area contributed by atoms with Crippen LogP contribution in [0.3, 0.4) is 0 Å². The second-order valence-electron chi connectivity index (χ2n) is 5.10. The summed E-state index contributed by atoms with van der Waals surface area (Å²) in [6.07, 6.45) is -10.1. The number of nitrogens with one attached hydrogen (secondary N) is 1. The Balaban J connectivity index is 2.27. The predicted molar refractivity (Wildman–Crippen MR) is 74.0 cm³/mol. The van der Waals surface area contributed by atoms with Crippen molar-refractivity contribution in [3.8, 4) is 0 Å². The van der Waals surface area contributed by atoms with Crippen molar-refractivity contribution in [1.29, 1.82) is 0 Å². The fourth-order valence-corrected chi connectivity index (χ4v) is 1.97. The molecule has 0 heterocycles. The molecule has 0 aliphatic carbocycles. The highest BCUT2D eigenvalue weighted by Crippen LogP contribution is 2.36. The molecule has 0 spiro atoms. The summed E-state index contributed by atoms with van der Waals surface area (Å²) in [7, 11) is 0. The molecule has 0 saturated carbocycles. The minimum absolute atomic E-state index is 0.0588. The monoisotopic (exact) mass is 365 g/mol. The van der Waals surface area contributed by atoms with Crippen molar-refractivity contribution in [3.05, 3.63) is 70.5 Å². The van der Waals surface area contributed by atoms with E-state index in [1.165, 1.54) is 12.1 Å². The lowest BCUT2D eigenvalue weighted by atomic mass is 10.0. The zero-order chi connectivity index (χ0) is 18.8. The molecular weight excluding hydrogens is 355 g/mol. The Kier molecular flexibility index (Phi) is 5.05. The van der Waals surface area contributed by atoms with E-state index in [4.69, 9.17) is 0 Å². The van der Waals surface area contributed by atoms with Crippen LogP contribution in [-0.4, -0.2) is 5.91 Å². The molecule has 0 aliphatic rings. The zero-order valence-corrected chi connectivity index (χ0v) is 12.3. The lowest BCUT2D eigenvalue weighted by molar-refractivity contribution is -0.143. The zero-order valence-electron chi connectivity index (χ0n) is 12.3. The molecule has 2 aromatic carbocycles. The first kappa shape index (κ1) is 18.8. The largest absolute Gasteiger partial charge is 0.416 e.